The zero-order chi connectivity index (χ0) is 11.8. The third kappa shape index (κ3) is 4.69. The maximum Gasteiger partial charge on any atom is 0.223 e. The molecule has 1 saturated carbocycles. The molecule has 88 valence electrons. The van der Waals surface area contributed by atoms with Crippen molar-refractivity contribution in [3.63, 3.8) is 0 Å². The van der Waals surface area contributed by atoms with Gasteiger partial charge in [0, 0.05) is 26.1 Å². The number of guanidine groups is 1. The minimum Gasteiger partial charge on any atom is -0.355 e. The van der Waals surface area contributed by atoms with Gasteiger partial charge in [-0.3, -0.25) is 9.79 Å². The van der Waals surface area contributed by atoms with Crippen LogP contribution in [0.1, 0.15) is 12.8 Å². The SMILES string of the molecule is C#CCNC(=NC)NCCNC(=O)C1CC1. The molecule has 0 bridgehead atoms. The van der Waals surface area contributed by atoms with Gasteiger partial charge in [0.05, 0.1) is 6.54 Å². The molecule has 0 unspecified atom stereocenters. The summed E-state index contributed by atoms with van der Waals surface area (Å²) in [5.41, 5.74) is 0. The van der Waals surface area contributed by atoms with Crippen LogP contribution < -0.4 is 16.0 Å². The third-order valence-electron chi connectivity index (χ3n) is 2.25. The molecule has 16 heavy (non-hydrogen) atoms. The summed E-state index contributed by atoms with van der Waals surface area (Å²) < 4.78 is 0. The Labute approximate surface area is 96.1 Å². The molecule has 1 aliphatic rings. The number of nitrogens with one attached hydrogen (secondary N) is 3. The highest BCUT2D eigenvalue weighted by atomic mass is 16.2. The van der Waals surface area contributed by atoms with Crippen LogP contribution in [-0.2, 0) is 4.79 Å². The van der Waals surface area contributed by atoms with E-state index < -0.39 is 0 Å². The first-order valence-electron chi connectivity index (χ1n) is 5.43. The average Bonchev–Trinajstić information content (AvgIpc) is 3.11. The van der Waals surface area contributed by atoms with Crippen molar-refractivity contribution < 1.29 is 4.79 Å². The van der Waals surface area contributed by atoms with Gasteiger partial charge in [-0.2, -0.15) is 0 Å². The second-order valence-electron chi connectivity index (χ2n) is 3.62. The Morgan fingerprint density at radius 3 is 2.62 bits per heavy atom. The molecule has 0 saturated heterocycles. The Kier molecular flexibility index (Phi) is 5.20. The zero-order valence-electron chi connectivity index (χ0n) is 9.55. The first-order valence-corrected chi connectivity index (χ1v) is 5.43. The minimum absolute atomic E-state index is 0.161. The maximum atomic E-state index is 11.3. The molecule has 0 aromatic carbocycles. The van der Waals surface area contributed by atoms with Crippen LogP contribution in [0.4, 0.5) is 0 Å². The third-order valence-corrected chi connectivity index (χ3v) is 2.25. The van der Waals surface area contributed by atoms with E-state index in [0.29, 0.717) is 25.6 Å². The first kappa shape index (κ1) is 12.4. The smallest absolute Gasteiger partial charge is 0.223 e. The molecule has 0 spiro atoms. The van der Waals surface area contributed by atoms with E-state index in [1.54, 1.807) is 7.05 Å². The van der Waals surface area contributed by atoms with Crippen molar-refractivity contribution in [1.82, 2.24) is 16.0 Å². The molecule has 1 aliphatic carbocycles. The van der Waals surface area contributed by atoms with Crippen molar-refractivity contribution in [3.05, 3.63) is 0 Å². The quantitative estimate of drug-likeness (QED) is 0.250. The second-order valence-corrected chi connectivity index (χ2v) is 3.62. The van der Waals surface area contributed by atoms with Crippen LogP contribution in [0.3, 0.4) is 0 Å². The summed E-state index contributed by atoms with van der Waals surface area (Å²) in [5, 5.41) is 8.84. The van der Waals surface area contributed by atoms with Gasteiger partial charge in [0.15, 0.2) is 5.96 Å². The Morgan fingerprint density at radius 2 is 2.06 bits per heavy atom. The molecule has 0 heterocycles. The number of hydrogen-bond acceptors (Lipinski definition) is 2. The topological polar surface area (TPSA) is 65.5 Å². The Balaban J connectivity index is 2.04. The van der Waals surface area contributed by atoms with E-state index >= 15 is 0 Å². The molecule has 0 aromatic heterocycles. The van der Waals surface area contributed by atoms with Crippen LogP contribution >= 0.6 is 0 Å². The number of hydrogen-bond donors (Lipinski definition) is 3. The van der Waals surface area contributed by atoms with Gasteiger partial charge >= 0.3 is 0 Å². The Morgan fingerprint density at radius 1 is 1.38 bits per heavy atom. The van der Waals surface area contributed by atoms with Gasteiger partial charge in [-0.1, -0.05) is 5.92 Å². The molecule has 5 nitrogen and oxygen atoms in total. The van der Waals surface area contributed by atoms with E-state index in [-0.39, 0.29) is 11.8 Å². The fraction of sp³-hybridized carbons (Fsp3) is 0.636. The summed E-state index contributed by atoms with van der Waals surface area (Å²) in [6.45, 7) is 1.68. The Bertz CT molecular complexity index is 302. The average molecular weight is 222 g/mol. The van der Waals surface area contributed by atoms with E-state index in [1.165, 1.54) is 0 Å². The molecular weight excluding hydrogens is 204 g/mol. The first-order chi connectivity index (χ1) is 7.77. The van der Waals surface area contributed by atoms with E-state index in [2.05, 4.69) is 26.9 Å². The number of nitrogens with zero attached hydrogens (tertiary/aromatic N) is 1. The van der Waals surface area contributed by atoms with Gasteiger partial charge in [0.25, 0.3) is 0 Å². The van der Waals surface area contributed by atoms with Crippen molar-refractivity contribution in [1.29, 1.82) is 0 Å². The fourth-order valence-corrected chi connectivity index (χ4v) is 1.21. The molecule has 3 N–H and O–H groups in total. The molecule has 0 radical (unpaired) electrons. The molecule has 0 atom stereocenters. The molecule has 1 fully saturated rings. The predicted molar refractivity (Wildman–Crippen MR) is 63.9 cm³/mol. The highest BCUT2D eigenvalue weighted by Crippen LogP contribution is 2.28. The van der Waals surface area contributed by atoms with E-state index in [4.69, 9.17) is 6.42 Å². The molecule has 5 heteroatoms. The number of rotatable bonds is 5. The van der Waals surface area contributed by atoms with Gasteiger partial charge < -0.3 is 16.0 Å². The van der Waals surface area contributed by atoms with Crippen molar-refractivity contribution in [2.24, 2.45) is 10.9 Å². The number of carbonyl (C=O) groups excluding carboxylic acids is 1. The van der Waals surface area contributed by atoms with E-state index in [0.717, 1.165) is 12.8 Å². The lowest BCUT2D eigenvalue weighted by Crippen LogP contribution is -2.41. The molecule has 0 aliphatic heterocycles. The monoisotopic (exact) mass is 222 g/mol. The largest absolute Gasteiger partial charge is 0.355 e. The van der Waals surface area contributed by atoms with Crippen LogP contribution in [0.5, 0.6) is 0 Å². The summed E-state index contributed by atoms with van der Waals surface area (Å²) in [5.74, 6) is 3.54. The molecule has 1 amide bonds. The van der Waals surface area contributed by atoms with Crippen molar-refractivity contribution >= 4 is 11.9 Å². The van der Waals surface area contributed by atoms with Crippen LogP contribution in [0.15, 0.2) is 4.99 Å². The standard InChI is InChI=1S/C11H18N4O/c1-3-6-14-11(12-2)15-8-7-13-10(16)9-4-5-9/h1,9H,4-8H2,2H3,(H,13,16)(H2,12,14,15). The predicted octanol–water partition coefficient (Wildman–Crippen LogP) is -0.689. The van der Waals surface area contributed by atoms with Crippen LogP contribution in [0, 0.1) is 18.3 Å². The lowest BCUT2D eigenvalue weighted by molar-refractivity contribution is -0.122. The highest BCUT2D eigenvalue weighted by Gasteiger charge is 2.28. The van der Waals surface area contributed by atoms with Gasteiger partial charge in [-0.25, -0.2) is 0 Å². The van der Waals surface area contributed by atoms with Crippen LogP contribution in [-0.4, -0.2) is 38.5 Å². The number of terminal acetylenes is 1. The van der Waals surface area contributed by atoms with Gasteiger partial charge in [0.1, 0.15) is 0 Å². The van der Waals surface area contributed by atoms with Crippen LogP contribution in [0.2, 0.25) is 0 Å². The van der Waals surface area contributed by atoms with Crippen molar-refractivity contribution in [3.8, 4) is 12.3 Å². The second kappa shape index (κ2) is 6.72. The normalized spacial score (nSPS) is 15.1. The van der Waals surface area contributed by atoms with Crippen molar-refractivity contribution in [2.75, 3.05) is 26.7 Å². The summed E-state index contributed by atoms with van der Waals surface area (Å²) >= 11 is 0. The number of carbonyl (C=O) groups is 1. The summed E-state index contributed by atoms with van der Waals surface area (Å²) in [6.07, 6.45) is 7.18. The van der Waals surface area contributed by atoms with Crippen molar-refractivity contribution in [2.45, 2.75) is 12.8 Å². The zero-order valence-corrected chi connectivity index (χ0v) is 9.55. The number of aliphatic imine (C=N–C) groups is 1. The maximum absolute atomic E-state index is 11.3. The highest BCUT2D eigenvalue weighted by molar-refractivity contribution is 5.81. The lowest BCUT2D eigenvalue weighted by Gasteiger charge is -2.10. The van der Waals surface area contributed by atoms with Gasteiger partial charge in [-0.05, 0) is 12.8 Å². The van der Waals surface area contributed by atoms with Gasteiger partial charge in [-0.15, -0.1) is 6.42 Å². The minimum atomic E-state index is 0.161. The van der Waals surface area contributed by atoms with E-state index in [9.17, 15) is 4.79 Å². The summed E-state index contributed by atoms with van der Waals surface area (Å²) in [7, 11) is 1.68. The Hall–Kier alpha value is -1.70. The van der Waals surface area contributed by atoms with Gasteiger partial charge in [0.2, 0.25) is 5.91 Å². The van der Waals surface area contributed by atoms with E-state index in [1.807, 2.05) is 0 Å². The molecular formula is C11H18N4O. The molecule has 1 rings (SSSR count). The summed E-state index contributed by atoms with van der Waals surface area (Å²) in [4.78, 5) is 15.3. The fourth-order valence-electron chi connectivity index (χ4n) is 1.21. The van der Waals surface area contributed by atoms with Crippen LogP contribution in [0.25, 0.3) is 0 Å². The lowest BCUT2D eigenvalue weighted by atomic mass is 10.4. The molecule has 0 aromatic rings. The number of amides is 1. The summed E-state index contributed by atoms with van der Waals surface area (Å²) in [6, 6.07) is 0.